The Balaban J connectivity index is 1.52. The molecule has 2 saturated heterocycles. The third kappa shape index (κ3) is 5.62. The van der Waals surface area contributed by atoms with E-state index in [9.17, 15) is 30.6 Å². The van der Waals surface area contributed by atoms with E-state index in [1.165, 1.54) is 0 Å². The molecule has 0 bridgehead atoms. The van der Waals surface area contributed by atoms with Crippen molar-refractivity contribution >= 4 is 6.08 Å². The molecule has 9 atom stereocenters. The average molecular weight is 428 g/mol. The summed E-state index contributed by atoms with van der Waals surface area (Å²) in [5.74, 6) is 0. The summed E-state index contributed by atoms with van der Waals surface area (Å²) in [5, 5.41) is 59.4. The Kier molecular flexibility index (Phi) is 8.31. The van der Waals surface area contributed by atoms with Crippen molar-refractivity contribution in [3.8, 4) is 0 Å². The van der Waals surface area contributed by atoms with E-state index in [0.717, 1.165) is 5.56 Å². The van der Waals surface area contributed by atoms with E-state index < -0.39 is 55.3 Å². The molecule has 30 heavy (non-hydrogen) atoms. The quantitative estimate of drug-likeness (QED) is 0.286. The van der Waals surface area contributed by atoms with Crippen molar-refractivity contribution < 1.29 is 49.6 Å². The normalized spacial score (nSPS) is 40.0. The molecule has 2 fully saturated rings. The third-order valence-electron chi connectivity index (χ3n) is 5.01. The number of benzene rings is 1. The van der Waals surface area contributed by atoms with Gasteiger partial charge in [-0.25, -0.2) is 0 Å². The second kappa shape index (κ2) is 10.7. The van der Waals surface area contributed by atoms with Crippen LogP contribution in [0.3, 0.4) is 0 Å². The van der Waals surface area contributed by atoms with Crippen molar-refractivity contribution in [1.82, 2.24) is 0 Å². The molecule has 2 aliphatic heterocycles. The highest BCUT2D eigenvalue weighted by Gasteiger charge is 2.45. The summed E-state index contributed by atoms with van der Waals surface area (Å²) in [6.45, 7) is -0.478. The van der Waals surface area contributed by atoms with E-state index in [1.807, 2.05) is 36.4 Å². The lowest BCUT2D eigenvalue weighted by Crippen LogP contribution is -2.60. The highest BCUT2D eigenvalue weighted by molar-refractivity contribution is 5.48. The molecular formula is C20H28O10. The molecule has 6 N–H and O–H groups in total. The summed E-state index contributed by atoms with van der Waals surface area (Å²) in [6, 6.07) is 9.50. The van der Waals surface area contributed by atoms with Gasteiger partial charge in [0, 0.05) is 0 Å². The largest absolute Gasteiger partial charge is 0.388 e. The van der Waals surface area contributed by atoms with Crippen LogP contribution in [0.4, 0.5) is 0 Å². The molecule has 10 nitrogen and oxygen atoms in total. The standard InChI is InChI=1S/C20H28O10/c21-12-9-28-19(17(25)14(12)22)29-10-13-15(23)16(24)18(26)20(30-13)27-8-4-7-11-5-2-1-3-6-11/h1-7,12-26H,8-10H2/b7-4-/t12-,13-,14-,15+,16+,17-,18+,19-,20-/m1/s1. The van der Waals surface area contributed by atoms with Crippen LogP contribution in [0.15, 0.2) is 36.4 Å². The molecular weight excluding hydrogens is 400 g/mol. The maximum Gasteiger partial charge on any atom is 0.187 e. The zero-order valence-electron chi connectivity index (χ0n) is 16.2. The van der Waals surface area contributed by atoms with Crippen LogP contribution >= 0.6 is 0 Å². The Bertz CT molecular complexity index is 671. The van der Waals surface area contributed by atoms with Crippen molar-refractivity contribution in [3.63, 3.8) is 0 Å². The minimum Gasteiger partial charge on any atom is -0.388 e. The molecule has 2 heterocycles. The average Bonchev–Trinajstić information content (AvgIpc) is 2.76. The third-order valence-corrected chi connectivity index (χ3v) is 5.01. The number of hydrogen-bond donors (Lipinski definition) is 6. The molecule has 0 unspecified atom stereocenters. The summed E-state index contributed by atoms with van der Waals surface area (Å²) in [6.07, 6.45) is -8.71. The zero-order valence-corrected chi connectivity index (χ0v) is 16.2. The zero-order chi connectivity index (χ0) is 21.7. The van der Waals surface area contributed by atoms with Gasteiger partial charge in [0.15, 0.2) is 12.6 Å². The monoisotopic (exact) mass is 428 g/mol. The second-order valence-corrected chi connectivity index (χ2v) is 7.24. The van der Waals surface area contributed by atoms with Crippen molar-refractivity contribution in [1.29, 1.82) is 0 Å². The predicted octanol–water partition coefficient (Wildman–Crippen LogP) is -2.02. The number of rotatable bonds is 7. The minimum absolute atomic E-state index is 0.0849. The lowest BCUT2D eigenvalue weighted by atomic mass is 9.99. The summed E-state index contributed by atoms with van der Waals surface area (Å²) < 4.78 is 21.5. The van der Waals surface area contributed by atoms with Gasteiger partial charge < -0.3 is 49.6 Å². The lowest BCUT2D eigenvalue weighted by Gasteiger charge is -2.41. The van der Waals surface area contributed by atoms with Gasteiger partial charge in [-0.05, 0) is 5.56 Å². The van der Waals surface area contributed by atoms with Gasteiger partial charge in [0.1, 0.15) is 42.7 Å². The van der Waals surface area contributed by atoms with E-state index in [1.54, 1.807) is 6.08 Å². The van der Waals surface area contributed by atoms with Gasteiger partial charge in [0.25, 0.3) is 0 Å². The summed E-state index contributed by atoms with van der Waals surface area (Å²) in [4.78, 5) is 0. The first-order chi connectivity index (χ1) is 14.4. The summed E-state index contributed by atoms with van der Waals surface area (Å²) in [5.41, 5.74) is 0.964. The first-order valence-corrected chi connectivity index (χ1v) is 9.68. The van der Waals surface area contributed by atoms with Crippen LogP contribution in [-0.2, 0) is 18.9 Å². The minimum atomic E-state index is -1.54. The molecule has 168 valence electrons. The number of ether oxygens (including phenoxy) is 4. The molecule has 1 aromatic carbocycles. The smallest absolute Gasteiger partial charge is 0.187 e. The number of aliphatic hydroxyl groups excluding tert-OH is 6. The van der Waals surface area contributed by atoms with Crippen LogP contribution in [0, 0.1) is 0 Å². The maximum atomic E-state index is 10.2. The maximum absolute atomic E-state index is 10.2. The van der Waals surface area contributed by atoms with Gasteiger partial charge in [-0.15, -0.1) is 0 Å². The highest BCUT2D eigenvalue weighted by Crippen LogP contribution is 2.24. The van der Waals surface area contributed by atoms with Crippen LogP contribution in [0.25, 0.3) is 6.08 Å². The Morgan fingerprint density at radius 1 is 0.833 bits per heavy atom. The second-order valence-electron chi connectivity index (χ2n) is 7.24. The first kappa shape index (κ1) is 23.2. The number of hydrogen-bond acceptors (Lipinski definition) is 10. The van der Waals surface area contributed by atoms with Crippen molar-refractivity contribution in [3.05, 3.63) is 42.0 Å². The van der Waals surface area contributed by atoms with Gasteiger partial charge in [0.2, 0.25) is 0 Å². The van der Waals surface area contributed by atoms with E-state index >= 15 is 0 Å². The molecule has 0 radical (unpaired) electrons. The van der Waals surface area contributed by atoms with Gasteiger partial charge in [-0.1, -0.05) is 42.5 Å². The SMILES string of the molecule is O[C@@H]1[C@H](O)[C@H](OC/C=C\c2ccccc2)O[C@H](CO[C@H]2OC[C@@H](O)[C@@H](O)[C@H]2O)[C@@H]1O. The van der Waals surface area contributed by atoms with E-state index in [2.05, 4.69) is 0 Å². The predicted molar refractivity (Wildman–Crippen MR) is 102 cm³/mol. The van der Waals surface area contributed by atoms with Crippen molar-refractivity contribution in [2.75, 3.05) is 19.8 Å². The Morgan fingerprint density at radius 2 is 1.53 bits per heavy atom. The fourth-order valence-electron chi connectivity index (χ4n) is 3.21. The van der Waals surface area contributed by atoms with Crippen LogP contribution in [0.5, 0.6) is 0 Å². The molecule has 0 aromatic heterocycles. The fraction of sp³-hybridized carbons (Fsp3) is 0.600. The lowest BCUT2D eigenvalue weighted by molar-refractivity contribution is -0.319. The topological polar surface area (TPSA) is 158 Å². The summed E-state index contributed by atoms with van der Waals surface area (Å²) >= 11 is 0. The molecule has 1 aromatic rings. The molecule has 0 saturated carbocycles. The molecule has 0 aliphatic carbocycles. The van der Waals surface area contributed by atoms with Crippen molar-refractivity contribution in [2.45, 2.75) is 55.3 Å². The fourth-order valence-corrected chi connectivity index (χ4v) is 3.21. The van der Waals surface area contributed by atoms with E-state index in [0.29, 0.717) is 0 Å². The summed E-state index contributed by atoms with van der Waals surface area (Å²) in [7, 11) is 0. The Hall–Kier alpha value is -1.44. The van der Waals surface area contributed by atoms with Crippen LogP contribution in [0.1, 0.15) is 5.56 Å². The van der Waals surface area contributed by atoms with Gasteiger partial charge in [-0.3, -0.25) is 0 Å². The molecule has 10 heteroatoms. The highest BCUT2D eigenvalue weighted by atomic mass is 16.7. The molecule has 0 spiro atoms. The van der Waals surface area contributed by atoms with Crippen LogP contribution in [-0.4, -0.2) is 106 Å². The Morgan fingerprint density at radius 3 is 2.27 bits per heavy atom. The van der Waals surface area contributed by atoms with Gasteiger partial charge in [0.05, 0.1) is 19.8 Å². The van der Waals surface area contributed by atoms with Gasteiger partial charge in [-0.2, -0.15) is 0 Å². The van der Waals surface area contributed by atoms with Crippen LogP contribution in [0.2, 0.25) is 0 Å². The molecule has 2 aliphatic rings. The van der Waals surface area contributed by atoms with Gasteiger partial charge >= 0.3 is 0 Å². The number of aliphatic hydroxyl groups is 6. The van der Waals surface area contributed by atoms with Crippen LogP contribution < -0.4 is 0 Å². The van der Waals surface area contributed by atoms with E-state index in [-0.39, 0.29) is 19.8 Å². The first-order valence-electron chi connectivity index (χ1n) is 9.68. The van der Waals surface area contributed by atoms with Crippen molar-refractivity contribution in [2.24, 2.45) is 0 Å². The molecule has 0 amide bonds. The van der Waals surface area contributed by atoms with E-state index in [4.69, 9.17) is 18.9 Å². The Labute approximate surface area is 173 Å². The molecule has 3 rings (SSSR count).